The van der Waals surface area contributed by atoms with Crippen molar-refractivity contribution in [2.75, 3.05) is 6.61 Å². The van der Waals surface area contributed by atoms with Gasteiger partial charge in [-0.1, -0.05) is 48.9 Å². The molecule has 1 N–H and O–H groups in total. The van der Waals surface area contributed by atoms with Gasteiger partial charge >= 0.3 is 0 Å². The lowest BCUT2D eigenvalue weighted by Gasteiger charge is -2.29. The molecule has 5 nitrogen and oxygen atoms in total. The van der Waals surface area contributed by atoms with Crippen molar-refractivity contribution in [3.63, 3.8) is 0 Å². The highest BCUT2D eigenvalue weighted by Crippen LogP contribution is 2.26. The number of ether oxygens (including phenoxy) is 1. The second-order valence-electron chi connectivity index (χ2n) is 7.66. The molecular formula is C24H31ClN2O3. The molecule has 2 amide bonds. The minimum Gasteiger partial charge on any atom is -0.484 e. The second kappa shape index (κ2) is 11.0. The van der Waals surface area contributed by atoms with Crippen molar-refractivity contribution in [2.45, 2.75) is 59.7 Å². The fourth-order valence-corrected chi connectivity index (χ4v) is 3.15. The van der Waals surface area contributed by atoms with Crippen molar-refractivity contribution in [3.8, 4) is 5.75 Å². The fourth-order valence-electron chi connectivity index (χ4n) is 3.05. The predicted molar refractivity (Wildman–Crippen MR) is 121 cm³/mol. The Hall–Kier alpha value is -2.53. The minimum absolute atomic E-state index is 0.0462. The molecule has 2 aromatic carbocycles. The highest BCUT2D eigenvalue weighted by atomic mass is 35.5. The molecule has 0 saturated carbocycles. The molecule has 0 radical (unpaired) electrons. The Kier molecular flexibility index (Phi) is 8.72. The van der Waals surface area contributed by atoms with E-state index in [0.29, 0.717) is 17.3 Å². The number of benzene rings is 2. The molecule has 162 valence electrons. The molecule has 0 aliphatic carbocycles. The number of hydrogen-bond donors (Lipinski definition) is 1. The molecular weight excluding hydrogens is 400 g/mol. The van der Waals surface area contributed by atoms with Crippen LogP contribution in [0.1, 0.15) is 43.9 Å². The molecule has 0 fully saturated rings. The number of hydrogen-bond acceptors (Lipinski definition) is 3. The van der Waals surface area contributed by atoms with Crippen molar-refractivity contribution < 1.29 is 14.3 Å². The van der Waals surface area contributed by atoms with Crippen LogP contribution < -0.4 is 10.1 Å². The summed E-state index contributed by atoms with van der Waals surface area (Å²) in [4.78, 5) is 27.3. The topological polar surface area (TPSA) is 58.6 Å². The summed E-state index contributed by atoms with van der Waals surface area (Å²) in [5, 5.41) is 3.65. The first-order chi connectivity index (χ1) is 14.2. The average Bonchev–Trinajstić information content (AvgIpc) is 2.74. The molecule has 6 heteroatoms. The first kappa shape index (κ1) is 23.7. The van der Waals surface area contributed by atoms with Gasteiger partial charge in [-0.3, -0.25) is 9.59 Å². The summed E-state index contributed by atoms with van der Waals surface area (Å²) in [5.41, 5.74) is 2.73. The molecule has 2 aromatic rings. The van der Waals surface area contributed by atoms with E-state index in [1.807, 2.05) is 70.2 Å². The number of carbonyl (C=O) groups is 2. The Labute approximate surface area is 184 Å². The van der Waals surface area contributed by atoms with Crippen molar-refractivity contribution in [1.82, 2.24) is 10.2 Å². The Bertz CT molecular complexity index is 847. The van der Waals surface area contributed by atoms with Crippen LogP contribution in [0.5, 0.6) is 5.75 Å². The van der Waals surface area contributed by atoms with Gasteiger partial charge in [0.2, 0.25) is 5.91 Å². The van der Waals surface area contributed by atoms with E-state index >= 15 is 0 Å². The summed E-state index contributed by atoms with van der Waals surface area (Å²) >= 11 is 6.21. The Morgan fingerprint density at radius 3 is 2.27 bits per heavy atom. The normalized spacial score (nSPS) is 12.7. The van der Waals surface area contributed by atoms with Crippen molar-refractivity contribution in [1.29, 1.82) is 0 Å². The molecule has 0 unspecified atom stereocenters. The van der Waals surface area contributed by atoms with E-state index in [9.17, 15) is 9.59 Å². The third-order valence-electron chi connectivity index (χ3n) is 5.14. The fraction of sp³-hybridized carbons (Fsp3) is 0.417. The van der Waals surface area contributed by atoms with E-state index in [4.69, 9.17) is 16.3 Å². The third-order valence-corrected chi connectivity index (χ3v) is 5.73. The summed E-state index contributed by atoms with van der Waals surface area (Å²) in [5.74, 6) is 0.154. The van der Waals surface area contributed by atoms with Gasteiger partial charge in [-0.25, -0.2) is 0 Å². The average molecular weight is 431 g/mol. The van der Waals surface area contributed by atoms with Gasteiger partial charge in [0.15, 0.2) is 6.61 Å². The van der Waals surface area contributed by atoms with Crippen molar-refractivity contribution in [3.05, 3.63) is 64.2 Å². The van der Waals surface area contributed by atoms with Crippen LogP contribution in [0.3, 0.4) is 0 Å². The van der Waals surface area contributed by atoms with Crippen molar-refractivity contribution in [2.24, 2.45) is 0 Å². The van der Waals surface area contributed by atoms with Gasteiger partial charge in [0.25, 0.3) is 5.91 Å². The molecule has 0 aliphatic heterocycles. The standard InChI is InChI=1S/C24H31ClN2O3/c1-6-18(4)26-24(29)19(5)27(14-20-10-8-7-9-11-20)22(28)15-30-21-12-16(2)23(25)17(3)13-21/h7-13,18-19H,6,14-15H2,1-5H3,(H,26,29)/t18-,19+/m1/s1. The summed E-state index contributed by atoms with van der Waals surface area (Å²) in [6.45, 7) is 9.66. The summed E-state index contributed by atoms with van der Waals surface area (Å²) in [6, 6.07) is 12.7. The number of carbonyl (C=O) groups excluding carboxylic acids is 2. The Morgan fingerprint density at radius 2 is 1.70 bits per heavy atom. The largest absolute Gasteiger partial charge is 0.484 e. The zero-order valence-electron chi connectivity index (χ0n) is 18.4. The molecule has 0 saturated heterocycles. The minimum atomic E-state index is -0.621. The van der Waals surface area contributed by atoms with E-state index in [1.54, 1.807) is 11.8 Å². The number of amides is 2. The van der Waals surface area contributed by atoms with Crippen LogP contribution in [0.2, 0.25) is 5.02 Å². The third kappa shape index (κ3) is 6.49. The van der Waals surface area contributed by atoms with Gasteiger partial charge < -0.3 is 15.0 Å². The SMILES string of the molecule is CC[C@@H](C)NC(=O)[C@H](C)N(Cc1ccccc1)C(=O)COc1cc(C)c(Cl)c(C)c1. The number of halogens is 1. The van der Waals surface area contributed by atoms with Crippen LogP contribution in [0, 0.1) is 13.8 Å². The smallest absolute Gasteiger partial charge is 0.261 e. The lowest BCUT2D eigenvalue weighted by molar-refractivity contribution is -0.142. The van der Waals surface area contributed by atoms with Crippen LogP contribution in [0.15, 0.2) is 42.5 Å². The maximum absolute atomic E-state index is 13.1. The molecule has 2 atom stereocenters. The highest BCUT2D eigenvalue weighted by Gasteiger charge is 2.27. The summed E-state index contributed by atoms with van der Waals surface area (Å²) in [7, 11) is 0. The van der Waals surface area contributed by atoms with Gasteiger partial charge in [-0.2, -0.15) is 0 Å². The van der Waals surface area contributed by atoms with Crippen LogP contribution in [0.25, 0.3) is 0 Å². The first-order valence-electron chi connectivity index (χ1n) is 10.3. The maximum atomic E-state index is 13.1. The van der Waals surface area contributed by atoms with E-state index in [1.165, 1.54) is 0 Å². The molecule has 0 heterocycles. The number of nitrogens with one attached hydrogen (secondary N) is 1. The Balaban J connectivity index is 2.16. The van der Waals surface area contributed by atoms with E-state index < -0.39 is 6.04 Å². The maximum Gasteiger partial charge on any atom is 0.261 e. The summed E-state index contributed by atoms with van der Waals surface area (Å²) in [6.07, 6.45) is 0.823. The van der Waals surface area contributed by atoms with E-state index in [2.05, 4.69) is 5.32 Å². The molecule has 2 rings (SSSR count). The molecule has 30 heavy (non-hydrogen) atoms. The molecule has 0 aromatic heterocycles. The molecule has 0 bridgehead atoms. The zero-order chi connectivity index (χ0) is 22.3. The zero-order valence-corrected chi connectivity index (χ0v) is 19.1. The monoisotopic (exact) mass is 430 g/mol. The quantitative estimate of drug-likeness (QED) is 0.629. The molecule has 0 aliphatic rings. The van der Waals surface area contributed by atoms with Gasteiger partial charge in [0, 0.05) is 17.6 Å². The van der Waals surface area contributed by atoms with E-state index in [-0.39, 0.29) is 24.5 Å². The van der Waals surface area contributed by atoms with Crippen molar-refractivity contribution >= 4 is 23.4 Å². The van der Waals surface area contributed by atoms with Crippen LogP contribution in [0.4, 0.5) is 0 Å². The van der Waals surface area contributed by atoms with Gasteiger partial charge in [0.05, 0.1) is 0 Å². The predicted octanol–water partition coefficient (Wildman–Crippen LogP) is 4.67. The van der Waals surface area contributed by atoms with Gasteiger partial charge in [-0.05, 0) is 62.9 Å². The number of nitrogens with zero attached hydrogens (tertiary/aromatic N) is 1. The lowest BCUT2D eigenvalue weighted by Crippen LogP contribution is -2.50. The van der Waals surface area contributed by atoms with E-state index in [0.717, 1.165) is 23.1 Å². The van der Waals surface area contributed by atoms with Crippen LogP contribution in [-0.4, -0.2) is 35.4 Å². The van der Waals surface area contributed by atoms with Crippen LogP contribution in [-0.2, 0) is 16.1 Å². The Morgan fingerprint density at radius 1 is 1.10 bits per heavy atom. The highest BCUT2D eigenvalue weighted by molar-refractivity contribution is 6.32. The first-order valence-corrected chi connectivity index (χ1v) is 10.6. The molecule has 0 spiro atoms. The lowest BCUT2D eigenvalue weighted by atomic mass is 10.1. The second-order valence-corrected chi connectivity index (χ2v) is 8.04. The van der Waals surface area contributed by atoms with Gasteiger partial charge in [-0.15, -0.1) is 0 Å². The number of aryl methyl sites for hydroxylation is 2. The van der Waals surface area contributed by atoms with Gasteiger partial charge in [0.1, 0.15) is 11.8 Å². The summed E-state index contributed by atoms with van der Waals surface area (Å²) < 4.78 is 5.75. The van der Waals surface area contributed by atoms with Crippen LogP contribution >= 0.6 is 11.6 Å². The number of rotatable bonds is 9.